The maximum Gasteiger partial charge on any atom is 0.412 e. The minimum absolute atomic E-state index is 0.118. The standard InChI is InChI=1S/C15H20BrN3O2/c1-15-5-6-18(3)13(15)19(4)11-8-12(21-14(20)17-2)10(16)7-9(11)15/h7-8,13H,5-6H2,1-4H3,(H,17,20)/t13?,15-/m0/s1. The third kappa shape index (κ3) is 2.04. The van der Waals surface area contributed by atoms with Crippen molar-refractivity contribution < 1.29 is 9.53 Å². The van der Waals surface area contributed by atoms with Crippen molar-refractivity contribution in [3.63, 3.8) is 0 Å². The van der Waals surface area contributed by atoms with Crippen molar-refractivity contribution in [1.29, 1.82) is 0 Å². The lowest BCUT2D eigenvalue weighted by Gasteiger charge is -2.32. The lowest BCUT2D eigenvalue weighted by atomic mass is 9.81. The first-order valence-electron chi connectivity index (χ1n) is 7.05. The molecule has 2 heterocycles. The van der Waals surface area contributed by atoms with Gasteiger partial charge >= 0.3 is 6.09 Å². The van der Waals surface area contributed by atoms with Gasteiger partial charge in [0, 0.05) is 37.8 Å². The van der Waals surface area contributed by atoms with Gasteiger partial charge in [0.25, 0.3) is 0 Å². The second-order valence-electron chi connectivity index (χ2n) is 6.07. The van der Waals surface area contributed by atoms with Gasteiger partial charge in [0.15, 0.2) is 0 Å². The summed E-state index contributed by atoms with van der Waals surface area (Å²) >= 11 is 3.53. The molecule has 2 aliphatic rings. The maximum atomic E-state index is 11.5. The van der Waals surface area contributed by atoms with Gasteiger partial charge in [-0.25, -0.2) is 4.79 Å². The molecule has 5 nitrogen and oxygen atoms in total. The second kappa shape index (κ2) is 4.88. The number of nitrogens with one attached hydrogen (secondary N) is 1. The monoisotopic (exact) mass is 353 g/mol. The molecule has 1 amide bonds. The highest BCUT2D eigenvalue weighted by molar-refractivity contribution is 9.10. The Kier molecular flexibility index (Phi) is 3.41. The van der Waals surface area contributed by atoms with Crippen molar-refractivity contribution in [1.82, 2.24) is 10.2 Å². The SMILES string of the molecule is CNC(=O)Oc1cc2c(cc1Br)[C@]1(C)CCN(C)C1N2C. The van der Waals surface area contributed by atoms with Crippen LogP contribution in [0.3, 0.4) is 0 Å². The van der Waals surface area contributed by atoms with Crippen LogP contribution < -0.4 is 15.0 Å². The topological polar surface area (TPSA) is 44.8 Å². The third-order valence-electron chi connectivity index (χ3n) is 4.79. The quantitative estimate of drug-likeness (QED) is 0.842. The Morgan fingerprint density at radius 3 is 2.86 bits per heavy atom. The Hall–Kier alpha value is -1.27. The summed E-state index contributed by atoms with van der Waals surface area (Å²) in [5.74, 6) is 0.547. The van der Waals surface area contributed by atoms with Crippen molar-refractivity contribution in [2.24, 2.45) is 0 Å². The summed E-state index contributed by atoms with van der Waals surface area (Å²) in [5.41, 5.74) is 2.57. The molecule has 1 N–H and O–H groups in total. The van der Waals surface area contributed by atoms with Gasteiger partial charge in [0.2, 0.25) is 0 Å². The van der Waals surface area contributed by atoms with E-state index in [1.54, 1.807) is 7.05 Å². The van der Waals surface area contributed by atoms with E-state index in [2.05, 4.69) is 58.1 Å². The van der Waals surface area contributed by atoms with Gasteiger partial charge < -0.3 is 15.0 Å². The number of carbonyl (C=O) groups excluding carboxylic acids is 1. The number of likely N-dealkylation sites (N-methyl/N-ethyl adjacent to an activating group) is 2. The summed E-state index contributed by atoms with van der Waals surface area (Å²) in [7, 11) is 5.82. The highest BCUT2D eigenvalue weighted by Gasteiger charge is 2.52. The molecular formula is C15H20BrN3O2. The number of fused-ring (bicyclic) bond motifs is 3. The van der Waals surface area contributed by atoms with Gasteiger partial charge in [0.05, 0.1) is 10.6 Å². The Morgan fingerprint density at radius 1 is 1.48 bits per heavy atom. The molecule has 0 radical (unpaired) electrons. The van der Waals surface area contributed by atoms with Crippen LogP contribution in [0, 0.1) is 0 Å². The number of halogens is 1. The summed E-state index contributed by atoms with van der Waals surface area (Å²) in [6.07, 6.45) is 1.03. The van der Waals surface area contributed by atoms with E-state index in [1.165, 1.54) is 5.56 Å². The van der Waals surface area contributed by atoms with Crippen LogP contribution >= 0.6 is 15.9 Å². The molecule has 0 saturated carbocycles. The zero-order chi connectivity index (χ0) is 15.4. The number of rotatable bonds is 1. The number of carbonyl (C=O) groups is 1. The van der Waals surface area contributed by atoms with Crippen LogP contribution in [0.5, 0.6) is 5.75 Å². The van der Waals surface area contributed by atoms with E-state index in [0.717, 1.165) is 23.1 Å². The minimum Gasteiger partial charge on any atom is -0.409 e. The van der Waals surface area contributed by atoms with E-state index in [9.17, 15) is 4.79 Å². The molecule has 1 fully saturated rings. The molecule has 21 heavy (non-hydrogen) atoms. The normalized spacial score (nSPS) is 27.5. The fourth-order valence-corrected chi connectivity index (χ4v) is 4.22. The highest BCUT2D eigenvalue weighted by atomic mass is 79.9. The molecule has 3 rings (SSSR count). The fourth-order valence-electron chi connectivity index (χ4n) is 3.80. The molecule has 114 valence electrons. The number of hydrogen-bond acceptors (Lipinski definition) is 4. The van der Waals surface area contributed by atoms with E-state index in [-0.39, 0.29) is 5.41 Å². The van der Waals surface area contributed by atoms with Gasteiger partial charge in [-0.2, -0.15) is 0 Å². The summed E-state index contributed by atoms with van der Waals surface area (Å²) in [6.45, 7) is 3.41. The summed E-state index contributed by atoms with van der Waals surface area (Å²) in [4.78, 5) is 16.1. The van der Waals surface area contributed by atoms with Crippen molar-refractivity contribution in [2.45, 2.75) is 24.9 Å². The lowest BCUT2D eigenvalue weighted by molar-refractivity contribution is 0.202. The molecule has 2 aliphatic heterocycles. The van der Waals surface area contributed by atoms with E-state index in [1.807, 2.05) is 6.07 Å². The third-order valence-corrected chi connectivity index (χ3v) is 5.41. The van der Waals surface area contributed by atoms with Crippen molar-refractivity contribution in [3.05, 3.63) is 22.2 Å². The van der Waals surface area contributed by atoms with Crippen LogP contribution in [-0.4, -0.2) is 44.8 Å². The minimum atomic E-state index is -0.458. The van der Waals surface area contributed by atoms with Crippen molar-refractivity contribution in [3.8, 4) is 5.75 Å². The van der Waals surface area contributed by atoms with Crippen LogP contribution in [0.15, 0.2) is 16.6 Å². The van der Waals surface area contributed by atoms with Crippen LogP contribution in [0.1, 0.15) is 18.9 Å². The van der Waals surface area contributed by atoms with E-state index >= 15 is 0 Å². The second-order valence-corrected chi connectivity index (χ2v) is 6.93. The van der Waals surface area contributed by atoms with Crippen LogP contribution in [0.25, 0.3) is 0 Å². The highest BCUT2D eigenvalue weighted by Crippen LogP contribution is 2.53. The number of benzene rings is 1. The molecule has 1 aromatic rings. The summed E-state index contributed by atoms with van der Waals surface area (Å²) < 4.78 is 6.13. The van der Waals surface area contributed by atoms with E-state index in [4.69, 9.17) is 4.74 Å². The maximum absolute atomic E-state index is 11.5. The van der Waals surface area contributed by atoms with Gasteiger partial charge in [0.1, 0.15) is 5.75 Å². The van der Waals surface area contributed by atoms with Crippen LogP contribution in [-0.2, 0) is 5.41 Å². The van der Waals surface area contributed by atoms with Gasteiger partial charge in [-0.1, -0.05) is 6.92 Å². The number of likely N-dealkylation sites (tertiary alicyclic amines) is 1. The predicted molar refractivity (Wildman–Crippen MR) is 86.0 cm³/mol. The molecule has 1 unspecified atom stereocenters. The average Bonchev–Trinajstić information content (AvgIpc) is 2.86. The Bertz CT molecular complexity index is 607. The molecule has 0 spiro atoms. The van der Waals surface area contributed by atoms with E-state index < -0.39 is 6.09 Å². The predicted octanol–water partition coefficient (Wildman–Crippen LogP) is 2.54. The average molecular weight is 354 g/mol. The molecule has 6 heteroatoms. The number of hydrogen-bond donors (Lipinski definition) is 1. The van der Waals surface area contributed by atoms with Gasteiger partial charge in [-0.3, -0.25) is 4.90 Å². The van der Waals surface area contributed by atoms with Crippen molar-refractivity contribution in [2.75, 3.05) is 32.6 Å². The van der Waals surface area contributed by atoms with Gasteiger partial charge in [-0.15, -0.1) is 0 Å². The number of ether oxygens (including phenoxy) is 1. The van der Waals surface area contributed by atoms with Gasteiger partial charge in [-0.05, 0) is 41.0 Å². The number of nitrogens with zero attached hydrogens (tertiary/aromatic N) is 2. The summed E-state index contributed by atoms with van der Waals surface area (Å²) in [6, 6.07) is 4.05. The smallest absolute Gasteiger partial charge is 0.409 e. The largest absolute Gasteiger partial charge is 0.412 e. The van der Waals surface area contributed by atoms with Crippen LogP contribution in [0.2, 0.25) is 0 Å². The summed E-state index contributed by atoms with van der Waals surface area (Å²) in [5, 5.41) is 2.47. The number of amides is 1. The first-order valence-corrected chi connectivity index (χ1v) is 7.84. The fraction of sp³-hybridized carbons (Fsp3) is 0.533. The Labute approximate surface area is 133 Å². The molecule has 0 aromatic heterocycles. The molecule has 0 bridgehead atoms. The first kappa shape index (κ1) is 14.7. The number of anilines is 1. The molecular weight excluding hydrogens is 334 g/mol. The zero-order valence-electron chi connectivity index (χ0n) is 12.7. The Balaban J connectivity index is 2.06. The Morgan fingerprint density at radius 2 is 2.19 bits per heavy atom. The first-order chi connectivity index (χ1) is 9.88. The zero-order valence-corrected chi connectivity index (χ0v) is 14.3. The molecule has 0 aliphatic carbocycles. The van der Waals surface area contributed by atoms with E-state index in [0.29, 0.717) is 11.9 Å². The molecule has 1 saturated heterocycles. The van der Waals surface area contributed by atoms with Crippen LogP contribution in [0.4, 0.5) is 10.5 Å². The molecule has 1 aromatic carbocycles. The molecule has 2 atom stereocenters. The lowest BCUT2D eigenvalue weighted by Crippen LogP contribution is -2.45. The van der Waals surface area contributed by atoms with Crippen molar-refractivity contribution >= 4 is 27.7 Å².